The van der Waals surface area contributed by atoms with E-state index in [0.717, 1.165) is 17.7 Å². The number of carbonyl (C=O) groups excluding carboxylic acids is 3. The highest BCUT2D eigenvalue weighted by atomic mass is 32.1. The Morgan fingerprint density at radius 1 is 1.17 bits per heavy atom. The van der Waals surface area contributed by atoms with Crippen molar-refractivity contribution in [2.75, 3.05) is 6.54 Å². The number of amidine groups is 1. The van der Waals surface area contributed by atoms with Crippen LogP contribution in [0.1, 0.15) is 41.0 Å². The predicted octanol–water partition coefficient (Wildman–Crippen LogP) is 1.71. The Labute approximate surface area is 213 Å². The zero-order chi connectivity index (χ0) is 25.5. The van der Waals surface area contributed by atoms with E-state index in [9.17, 15) is 14.4 Å². The molecule has 1 saturated carbocycles. The van der Waals surface area contributed by atoms with Gasteiger partial charge in [-0.2, -0.15) is 0 Å². The van der Waals surface area contributed by atoms with Crippen molar-refractivity contribution in [2.24, 2.45) is 10.9 Å². The topological polar surface area (TPSA) is 137 Å². The molecule has 186 valence electrons. The van der Waals surface area contributed by atoms with E-state index in [1.807, 2.05) is 30.3 Å². The summed E-state index contributed by atoms with van der Waals surface area (Å²) in [4.78, 5) is 42.2. The maximum absolute atomic E-state index is 13.7. The van der Waals surface area contributed by atoms with E-state index in [1.54, 1.807) is 24.3 Å². The normalized spacial score (nSPS) is 18.4. The van der Waals surface area contributed by atoms with E-state index >= 15 is 0 Å². The molecule has 5 N–H and O–H groups in total. The molecule has 1 atom stereocenters. The Balaban J connectivity index is 1.41. The van der Waals surface area contributed by atoms with Gasteiger partial charge in [0.2, 0.25) is 11.8 Å². The number of carbonyl (C=O) groups is 3. The Morgan fingerprint density at radius 2 is 1.92 bits per heavy atom. The molecule has 0 spiro atoms. The summed E-state index contributed by atoms with van der Waals surface area (Å²) >= 11 is 1.30. The van der Waals surface area contributed by atoms with Gasteiger partial charge < -0.3 is 26.5 Å². The minimum Gasteiger partial charge on any atom is -0.409 e. The summed E-state index contributed by atoms with van der Waals surface area (Å²) in [5, 5.41) is 17.5. The van der Waals surface area contributed by atoms with Gasteiger partial charge in [-0.25, -0.2) is 0 Å². The maximum atomic E-state index is 13.7. The van der Waals surface area contributed by atoms with E-state index in [-0.39, 0.29) is 30.7 Å². The van der Waals surface area contributed by atoms with Gasteiger partial charge in [0.05, 0.1) is 11.4 Å². The number of nitrogens with two attached hydrogens (primary N) is 1. The molecule has 3 amide bonds. The summed E-state index contributed by atoms with van der Waals surface area (Å²) < 4.78 is 0. The van der Waals surface area contributed by atoms with Gasteiger partial charge >= 0.3 is 0 Å². The number of hydrogen-bond donors (Lipinski definition) is 4. The molecule has 0 radical (unpaired) electrons. The summed E-state index contributed by atoms with van der Waals surface area (Å²) in [6, 6.07) is 11.9. The van der Waals surface area contributed by atoms with Gasteiger partial charge in [-0.3, -0.25) is 14.4 Å². The van der Waals surface area contributed by atoms with Gasteiger partial charge in [0, 0.05) is 22.9 Å². The largest absolute Gasteiger partial charge is 0.409 e. The van der Waals surface area contributed by atoms with Crippen molar-refractivity contribution in [1.29, 1.82) is 0 Å². The van der Waals surface area contributed by atoms with Crippen LogP contribution in [0.2, 0.25) is 0 Å². The Kier molecular flexibility index (Phi) is 7.71. The number of benzene rings is 1. The molecule has 9 nitrogen and oxygen atoms in total. The van der Waals surface area contributed by atoms with Crippen LogP contribution in [-0.4, -0.2) is 51.8 Å². The molecular formula is C26H27N5O4S. The van der Waals surface area contributed by atoms with Crippen LogP contribution >= 0.6 is 11.3 Å². The Bertz CT molecular complexity index is 1250. The van der Waals surface area contributed by atoms with Crippen LogP contribution < -0.4 is 16.4 Å². The SMILES string of the molecule is N/C(=N/O)c1ccc(CNC(=O)C2C=CCN2C(=O)C2(NC(=O)C#Cc3ccccc3)CCCC2)s1. The van der Waals surface area contributed by atoms with Gasteiger partial charge in [-0.1, -0.05) is 54.3 Å². The van der Waals surface area contributed by atoms with Crippen LogP contribution in [0.15, 0.2) is 59.8 Å². The van der Waals surface area contributed by atoms with E-state index < -0.39 is 17.5 Å². The second kappa shape index (κ2) is 11.1. The second-order valence-corrected chi connectivity index (χ2v) is 9.83. The van der Waals surface area contributed by atoms with Crippen LogP contribution in [0.25, 0.3) is 0 Å². The monoisotopic (exact) mass is 505 g/mol. The van der Waals surface area contributed by atoms with Gasteiger partial charge in [0.15, 0.2) is 5.84 Å². The molecule has 1 aliphatic heterocycles. The number of amides is 3. The first-order valence-corrected chi connectivity index (χ1v) is 12.4. The number of nitrogens with zero attached hydrogens (tertiary/aromatic N) is 2. The quantitative estimate of drug-likeness (QED) is 0.118. The number of nitrogens with one attached hydrogen (secondary N) is 2. The third-order valence-electron chi connectivity index (χ3n) is 6.26. The average Bonchev–Trinajstić information content (AvgIpc) is 3.67. The van der Waals surface area contributed by atoms with Gasteiger partial charge in [-0.15, -0.1) is 11.3 Å². The Hall–Kier alpha value is -4.10. The number of hydrogen-bond acceptors (Lipinski definition) is 6. The fourth-order valence-corrected chi connectivity index (χ4v) is 5.29. The highest BCUT2D eigenvalue weighted by Gasteiger charge is 2.47. The van der Waals surface area contributed by atoms with Crippen molar-refractivity contribution in [3.8, 4) is 11.8 Å². The molecule has 2 aliphatic rings. The van der Waals surface area contributed by atoms with Crippen LogP contribution in [0.5, 0.6) is 0 Å². The maximum Gasteiger partial charge on any atom is 0.297 e. The lowest BCUT2D eigenvalue weighted by atomic mass is 9.94. The summed E-state index contributed by atoms with van der Waals surface area (Å²) in [5.41, 5.74) is 5.24. The second-order valence-electron chi connectivity index (χ2n) is 8.66. The third kappa shape index (κ3) is 5.58. The standard InChI is InChI=1S/C26H27N5O4S/c27-23(30-35)21-12-11-19(36-21)17-28-24(33)20-9-6-16-31(20)25(34)26(14-4-5-15-26)29-22(32)13-10-18-7-2-1-3-8-18/h1-3,6-9,11-12,20,35H,4-5,14-17H2,(H2,27,30)(H,28,33)(H,29,32). The highest BCUT2D eigenvalue weighted by Crippen LogP contribution is 2.33. The minimum atomic E-state index is -1.07. The van der Waals surface area contributed by atoms with Gasteiger partial charge in [0.25, 0.3) is 5.91 Å². The number of thiophene rings is 1. The number of rotatable bonds is 6. The highest BCUT2D eigenvalue weighted by molar-refractivity contribution is 7.14. The van der Waals surface area contributed by atoms with E-state index in [0.29, 0.717) is 23.3 Å². The lowest BCUT2D eigenvalue weighted by molar-refractivity contribution is -0.144. The molecular weight excluding hydrogens is 478 g/mol. The lowest BCUT2D eigenvalue weighted by Gasteiger charge is -2.35. The van der Waals surface area contributed by atoms with E-state index in [4.69, 9.17) is 10.9 Å². The van der Waals surface area contributed by atoms with Crippen molar-refractivity contribution in [3.63, 3.8) is 0 Å². The minimum absolute atomic E-state index is 0.00504. The summed E-state index contributed by atoms with van der Waals surface area (Å²) in [7, 11) is 0. The molecule has 2 aromatic rings. The molecule has 4 rings (SSSR count). The average molecular weight is 506 g/mol. The predicted molar refractivity (Wildman–Crippen MR) is 136 cm³/mol. The van der Waals surface area contributed by atoms with E-state index in [1.165, 1.54) is 16.2 Å². The number of oxime groups is 1. The zero-order valence-electron chi connectivity index (χ0n) is 19.6. The van der Waals surface area contributed by atoms with Crippen LogP contribution in [0, 0.1) is 11.8 Å². The van der Waals surface area contributed by atoms with Crippen molar-refractivity contribution >= 4 is 34.9 Å². The molecule has 1 aliphatic carbocycles. The molecule has 1 aromatic heterocycles. The van der Waals surface area contributed by atoms with Crippen molar-refractivity contribution < 1.29 is 19.6 Å². The van der Waals surface area contributed by atoms with Crippen molar-refractivity contribution in [2.45, 2.75) is 43.8 Å². The molecule has 10 heteroatoms. The van der Waals surface area contributed by atoms with Gasteiger partial charge in [0.1, 0.15) is 11.6 Å². The van der Waals surface area contributed by atoms with E-state index in [2.05, 4.69) is 27.6 Å². The zero-order valence-corrected chi connectivity index (χ0v) is 20.4. The Morgan fingerprint density at radius 3 is 2.64 bits per heavy atom. The molecule has 0 bridgehead atoms. The fourth-order valence-electron chi connectivity index (χ4n) is 4.44. The smallest absolute Gasteiger partial charge is 0.297 e. The molecule has 1 fully saturated rings. The molecule has 0 saturated heterocycles. The first-order chi connectivity index (χ1) is 17.4. The van der Waals surface area contributed by atoms with Gasteiger partial charge in [-0.05, 0) is 37.1 Å². The molecule has 1 aromatic carbocycles. The van der Waals surface area contributed by atoms with Crippen molar-refractivity contribution in [1.82, 2.24) is 15.5 Å². The first-order valence-electron chi connectivity index (χ1n) is 11.6. The summed E-state index contributed by atoms with van der Waals surface area (Å²) in [5.74, 6) is 4.31. The molecule has 36 heavy (non-hydrogen) atoms. The van der Waals surface area contributed by atoms with Crippen LogP contribution in [0.3, 0.4) is 0 Å². The third-order valence-corrected chi connectivity index (χ3v) is 7.37. The molecule has 1 unspecified atom stereocenters. The van der Waals surface area contributed by atoms with Crippen LogP contribution in [-0.2, 0) is 20.9 Å². The summed E-state index contributed by atoms with van der Waals surface area (Å²) in [6.07, 6.45) is 6.09. The summed E-state index contributed by atoms with van der Waals surface area (Å²) in [6.45, 7) is 0.530. The first kappa shape index (κ1) is 25.0. The van der Waals surface area contributed by atoms with Crippen molar-refractivity contribution in [3.05, 3.63) is 69.9 Å². The fraction of sp³-hybridized carbons (Fsp3) is 0.308. The molecule has 2 heterocycles. The lowest BCUT2D eigenvalue weighted by Crippen LogP contribution is -2.60. The van der Waals surface area contributed by atoms with Crippen LogP contribution in [0.4, 0.5) is 0 Å².